The Balaban J connectivity index is 1.76. The maximum absolute atomic E-state index is 13.3. The largest absolute Gasteiger partial charge is 0.478 e. The van der Waals surface area contributed by atoms with Crippen LogP contribution >= 0.6 is 11.8 Å². The van der Waals surface area contributed by atoms with E-state index < -0.39 is 17.1 Å². The van der Waals surface area contributed by atoms with Crippen LogP contribution in [0.1, 0.15) is 28.9 Å². The number of nitrogens with one attached hydrogen (secondary N) is 2. The van der Waals surface area contributed by atoms with Crippen molar-refractivity contribution >= 4 is 40.9 Å². The van der Waals surface area contributed by atoms with Gasteiger partial charge in [-0.2, -0.15) is 0 Å². The molecular formula is C27H26N2O4S. The number of carbonyl (C=O) groups is 3. The molecule has 0 saturated carbocycles. The Morgan fingerprint density at radius 3 is 2.21 bits per heavy atom. The zero-order valence-electron chi connectivity index (χ0n) is 19.2. The van der Waals surface area contributed by atoms with Gasteiger partial charge in [0.2, 0.25) is 11.8 Å². The van der Waals surface area contributed by atoms with Gasteiger partial charge in [-0.3, -0.25) is 9.59 Å². The molecule has 3 N–H and O–H groups in total. The van der Waals surface area contributed by atoms with E-state index in [-0.39, 0.29) is 11.5 Å². The summed E-state index contributed by atoms with van der Waals surface area (Å²) in [6.07, 6.45) is 1.04. The van der Waals surface area contributed by atoms with E-state index >= 15 is 0 Å². The van der Waals surface area contributed by atoms with Gasteiger partial charge in [0.1, 0.15) is 5.25 Å². The van der Waals surface area contributed by atoms with Gasteiger partial charge in [0.25, 0.3) is 0 Å². The van der Waals surface area contributed by atoms with Crippen LogP contribution in [0.5, 0.6) is 0 Å². The number of carbonyl (C=O) groups excluding carboxylic acids is 2. The number of hydrogen-bond donors (Lipinski definition) is 3. The van der Waals surface area contributed by atoms with Gasteiger partial charge >= 0.3 is 5.97 Å². The molecule has 1 atom stereocenters. The second-order valence-electron chi connectivity index (χ2n) is 7.86. The number of carboxylic acid groups (broad SMARTS) is 1. The molecule has 0 radical (unpaired) electrons. The Kier molecular flexibility index (Phi) is 8.27. The van der Waals surface area contributed by atoms with Crippen LogP contribution in [0, 0.1) is 13.8 Å². The third kappa shape index (κ3) is 6.83. The van der Waals surface area contributed by atoms with Crippen molar-refractivity contribution in [2.24, 2.45) is 0 Å². The van der Waals surface area contributed by atoms with E-state index in [9.17, 15) is 14.4 Å². The SMILES string of the molecule is C/C(=C/C(=O)Nc1ccc(S[C@@H](C(=O)Nc2ccc(C)cc2C)c2ccccc2)cc1)C(=O)O. The molecule has 7 heteroatoms. The molecule has 3 aromatic rings. The summed E-state index contributed by atoms with van der Waals surface area (Å²) in [4.78, 5) is 37.0. The smallest absolute Gasteiger partial charge is 0.331 e. The summed E-state index contributed by atoms with van der Waals surface area (Å²) < 4.78 is 0. The topological polar surface area (TPSA) is 95.5 Å². The third-order valence-electron chi connectivity index (χ3n) is 5.04. The monoisotopic (exact) mass is 474 g/mol. The van der Waals surface area contributed by atoms with Gasteiger partial charge in [-0.1, -0.05) is 48.0 Å². The first kappa shape index (κ1) is 24.8. The molecule has 174 valence electrons. The van der Waals surface area contributed by atoms with E-state index in [1.807, 2.05) is 74.5 Å². The van der Waals surface area contributed by atoms with E-state index in [1.165, 1.54) is 18.7 Å². The summed E-state index contributed by atoms with van der Waals surface area (Å²) in [5.74, 6) is -1.79. The molecule has 0 bridgehead atoms. The third-order valence-corrected chi connectivity index (χ3v) is 6.31. The Morgan fingerprint density at radius 1 is 0.912 bits per heavy atom. The second-order valence-corrected chi connectivity index (χ2v) is 9.04. The molecule has 2 amide bonds. The number of thioether (sulfide) groups is 1. The molecule has 0 aliphatic rings. The minimum Gasteiger partial charge on any atom is -0.478 e. The normalized spacial score (nSPS) is 12.0. The number of anilines is 2. The summed E-state index contributed by atoms with van der Waals surface area (Å²) in [5.41, 5.74) is 4.26. The average Bonchev–Trinajstić information content (AvgIpc) is 2.80. The highest BCUT2D eigenvalue weighted by Gasteiger charge is 2.22. The number of aryl methyl sites for hydroxylation is 2. The number of aliphatic carboxylic acids is 1. The minimum absolute atomic E-state index is 0.0507. The second kappa shape index (κ2) is 11.3. The zero-order chi connectivity index (χ0) is 24.7. The molecule has 0 aliphatic heterocycles. The first-order valence-electron chi connectivity index (χ1n) is 10.7. The van der Waals surface area contributed by atoms with Crippen molar-refractivity contribution in [1.29, 1.82) is 0 Å². The fourth-order valence-corrected chi connectivity index (χ4v) is 4.27. The molecule has 0 unspecified atom stereocenters. The number of amides is 2. The van der Waals surface area contributed by atoms with Crippen LogP contribution in [-0.4, -0.2) is 22.9 Å². The fourth-order valence-electron chi connectivity index (χ4n) is 3.24. The van der Waals surface area contributed by atoms with Gasteiger partial charge in [0, 0.05) is 27.9 Å². The molecule has 0 heterocycles. The minimum atomic E-state index is -1.15. The molecule has 6 nitrogen and oxygen atoms in total. The highest BCUT2D eigenvalue weighted by atomic mass is 32.2. The number of carboxylic acids is 1. The Bertz CT molecular complexity index is 1220. The lowest BCUT2D eigenvalue weighted by molar-refractivity contribution is -0.132. The van der Waals surface area contributed by atoms with Crippen LogP contribution in [0.15, 0.2) is 89.3 Å². The van der Waals surface area contributed by atoms with Gasteiger partial charge in [-0.15, -0.1) is 11.8 Å². The fraction of sp³-hybridized carbons (Fsp3) is 0.148. The van der Waals surface area contributed by atoms with Gasteiger partial charge in [0.15, 0.2) is 0 Å². The summed E-state index contributed by atoms with van der Waals surface area (Å²) in [5, 5.41) is 14.1. The van der Waals surface area contributed by atoms with Crippen molar-refractivity contribution in [1.82, 2.24) is 0 Å². The number of benzene rings is 3. The molecule has 0 aromatic heterocycles. The van der Waals surface area contributed by atoms with Gasteiger partial charge in [-0.05, 0) is 62.2 Å². The van der Waals surface area contributed by atoms with Gasteiger partial charge in [0.05, 0.1) is 0 Å². The first-order valence-corrected chi connectivity index (χ1v) is 11.5. The van der Waals surface area contributed by atoms with Crippen LogP contribution in [0.25, 0.3) is 0 Å². The lowest BCUT2D eigenvalue weighted by atomic mass is 10.1. The lowest BCUT2D eigenvalue weighted by Crippen LogP contribution is -2.19. The molecule has 0 aliphatic carbocycles. The molecule has 0 fully saturated rings. The summed E-state index contributed by atoms with van der Waals surface area (Å²) in [6, 6.07) is 22.5. The quantitative estimate of drug-likeness (QED) is 0.286. The standard InChI is InChI=1S/C27H26N2O4S/c1-17-9-14-23(18(2)15-17)29-26(31)25(20-7-5-4-6-8-20)34-22-12-10-21(11-13-22)28-24(30)16-19(3)27(32)33/h4-16,25H,1-3H3,(H,28,30)(H,29,31)(H,32,33)/b19-16-/t25-/m1/s1. The van der Waals surface area contributed by atoms with E-state index in [4.69, 9.17) is 5.11 Å². The summed E-state index contributed by atoms with van der Waals surface area (Å²) >= 11 is 1.41. The van der Waals surface area contributed by atoms with Crippen molar-refractivity contribution in [2.45, 2.75) is 30.9 Å². The average molecular weight is 475 g/mol. The predicted octanol–water partition coefficient (Wildman–Crippen LogP) is 5.74. The van der Waals surface area contributed by atoms with Crippen molar-refractivity contribution < 1.29 is 19.5 Å². The van der Waals surface area contributed by atoms with Crippen LogP contribution in [0.4, 0.5) is 11.4 Å². The van der Waals surface area contributed by atoms with Crippen LogP contribution in [-0.2, 0) is 14.4 Å². The van der Waals surface area contributed by atoms with Crippen LogP contribution < -0.4 is 10.6 Å². The van der Waals surface area contributed by atoms with Crippen molar-refractivity contribution in [3.8, 4) is 0 Å². The molecule has 3 rings (SSSR count). The Hall–Kier alpha value is -3.84. The van der Waals surface area contributed by atoms with E-state index in [0.29, 0.717) is 5.69 Å². The summed E-state index contributed by atoms with van der Waals surface area (Å²) in [6.45, 7) is 5.33. The molecular weight excluding hydrogens is 448 g/mol. The number of hydrogen-bond acceptors (Lipinski definition) is 4. The van der Waals surface area contributed by atoms with E-state index in [2.05, 4.69) is 10.6 Å². The van der Waals surface area contributed by atoms with Crippen LogP contribution in [0.3, 0.4) is 0 Å². The Morgan fingerprint density at radius 2 is 1.59 bits per heavy atom. The molecule has 0 saturated heterocycles. The Labute approximate surface area is 203 Å². The van der Waals surface area contributed by atoms with Gasteiger partial charge in [-0.25, -0.2) is 4.79 Å². The lowest BCUT2D eigenvalue weighted by Gasteiger charge is -2.18. The highest BCUT2D eigenvalue weighted by Crippen LogP contribution is 2.37. The van der Waals surface area contributed by atoms with Crippen LogP contribution in [0.2, 0.25) is 0 Å². The maximum atomic E-state index is 13.3. The summed E-state index contributed by atoms with van der Waals surface area (Å²) in [7, 11) is 0. The van der Waals surface area contributed by atoms with E-state index in [1.54, 1.807) is 12.1 Å². The first-order chi connectivity index (χ1) is 16.2. The number of rotatable bonds is 8. The maximum Gasteiger partial charge on any atom is 0.331 e. The van der Waals surface area contributed by atoms with Crippen molar-refractivity contribution in [3.05, 3.63) is 101 Å². The molecule has 3 aromatic carbocycles. The van der Waals surface area contributed by atoms with Gasteiger partial charge < -0.3 is 15.7 Å². The van der Waals surface area contributed by atoms with Crippen molar-refractivity contribution in [3.63, 3.8) is 0 Å². The highest BCUT2D eigenvalue weighted by molar-refractivity contribution is 8.00. The molecule has 34 heavy (non-hydrogen) atoms. The van der Waals surface area contributed by atoms with E-state index in [0.717, 1.165) is 33.3 Å². The van der Waals surface area contributed by atoms with Crippen molar-refractivity contribution in [2.75, 3.05) is 10.6 Å². The molecule has 0 spiro atoms. The zero-order valence-corrected chi connectivity index (χ0v) is 20.0. The predicted molar refractivity (Wildman–Crippen MR) is 136 cm³/mol.